The number of likely N-dealkylation sites (N-methyl/N-ethyl adjacent to an activating group) is 1. The molecule has 0 unspecified atom stereocenters. The van der Waals surface area contributed by atoms with Gasteiger partial charge in [-0.05, 0) is 69.5 Å². The lowest BCUT2D eigenvalue weighted by Gasteiger charge is -2.39. The highest BCUT2D eigenvalue weighted by Gasteiger charge is 2.44. The normalized spacial score (nSPS) is 28.4. The first-order valence-electron chi connectivity index (χ1n) is 9.68. The van der Waals surface area contributed by atoms with E-state index in [1.54, 1.807) is 0 Å². The molecule has 0 bridgehead atoms. The molecule has 0 aromatic rings. The molecule has 3 rings (SSSR count). The van der Waals surface area contributed by atoms with Crippen molar-refractivity contribution < 1.29 is 0 Å². The molecule has 3 aliphatic rings. The van der Waals surface area contributed by atoms with Gasteiger partial charge in [-0.1, -0.05) is 13.8 Å². The minimum atomic E-state index is 0.721. The van der Waals surface area contributed by atoms with E-state index in [2.05, 4.69) is 35.6 Å². The highest BCUT2D eigenvalue weighted by Crippen LogP contribution is 2.51. The number of nitrogens with zero attached hydrogens (tertiary/aromatic N) is 3. The highest BCUT2D eigenvalue weighted by atomic mass is 15.2. The molecule has 0 N–H and O–H groups in total. The molecule has 0 aromatic heterocycles. The van der Waals surface area contributed by atoms with Crippen LogP contribution in [-0.4, -0.2) is 74.1 Å². The third-order valence-electron chi connectivity index (χ3n) is 6.18. The smallest absolute Gasteiger partial charge is 0.0110 e. The van der Waals surface area contributed by atoms with Gasteiger partial charge >= 0.3 is 0 Å². The number of hydrogen-bond acceptors (Lipinski definition) is 3. The predicted molar refractivity (Wildman–Crippen MR) is 94.2 cm³/mol. The van der Waals surface area contributed by atoms with Gasteiger partial charge in [0.25, 0.3) is 0 Å². The van der Waals surface area contributed by atoms with Crippen LogP contribution in [0.25, 0.3) is 0 Å². The van der Waals surface area contributed by atoms with Crippen molar-refractivity contribution >= 4 is 0 Å². The maximum absolute atomic E-state index is 2.79. The zero-order valence-corrected chi connectivity index (χ0v) is 15.2. The Bertz CT molecular complexity index is 335. The fourth-order valence-corrected chi connectivity index (χ4v) is 4.67. The Morgan fingerprint density at radius 2 is 1.55 bits per heavy atom. The Balaban J connectivity index is 1.36. The van der Waals surface area contributed by atoms with Crippen LogP contribution in [0.15, 0.2) is 0 Å². The van der Waals surface area contributed by atoms with Crippen molar-refractivity contribution in [2.75, 3.05) is 59.4 Å². The highest BCUT2D eigenvalue weighted by molar-refractivity contribution is 4.96. The van der Waals surface area contributed by atoms with Crippen molar-refractivity contribution in [2.45, 2.75) is 46.0 Å². The van der Waals surface area contributed by atoms with Crippen molar-refractivity contribution in [1.29, 1.82) is 0 Å². The van der Waals surface area contributed by atoms with Crippen molar-refractivity contribution in [3.63, 3.8) is 0 Å². The first kappa shape index (κ1) is 16.7. The van der Waals surface area contributed by atoms with Crippen LogP contribution < -0.4 is 0 Å². The molecule has 0 aromatic carbocycles. The van der Waals surface area contributed by atoms with Crippen LogP contribution in [0.4, 0.5) is 0 Å². The fourth-order valence-electron chi connectivity index (χ4n) is 4.67. The summed E-state index contributed by atoms with van der Waals surface area (Å²) in [5, 5.41) is 0. The largest absolute Gasteiger partial charge is 0.304 e. The van der Waals surface area contributed by atoms with E-state index in [0.29, 0.717) is 0 Å². The lowest BCUT2D eigenvalue weighted by Crippen LogP contribution is -2.47. The van der Waals surface area contributed by atoms with Gasteiger partial charge in [0.15, 0.2) is 0 Å². The van der Waals surface area contributed by atoms with Gasteiger partial charge in [-0.25, -0.2) is 0 Å². The Morgan fingerprint density at radius 3 is 2.09 bits per heavy atom. The van der Waals surface area contributed by atoms with Gasteiger partial charge in [-0.15, -0.1) is 0 Å². The summed E-state index contributed by atoms with van der Waals surface area (Å²) in [7, 11) is 2.25. The molecule has 0 spiro atoms. The maximum atomic E-state index is 2.79. The lowest BCUT2D eigenvalue weighted by atomic mass is 9.91. The van der Waals surface area contributed by atoms with Gasteiger partial charge < -0.3 is 14.7 Å². The summed E-state index contributed by atoms with van der Waals surface area (Å²) < 4.78 is 0. The number of piperazine rings is 1. The van der Waals surface area contributed by atoms with E-state index in [-0.39, 0.29) is 0 Å². The van der Waals surface area contributed by atoms with Crippen molar-refractivity contribution in [2.24, 2.45) is 17.3 Å². The van der Waals surface area contributed by atoms with Gasteiger partial charge in [0.05, 0.1) is 0 Å². The summed E-state index contributed by atoms with van der Waals surface area (Å²) in [5.74, 6) is 1.83. The van der Waals surface area contributed by atoms with Crippen LogP contribution in [0.2, 0.25) is 0 Å². The third kappa shape index (κ3) is 4.69. The molecule has 1 saturated carbocycles. The molecule has 2 saturated heterocycles. The van der Waals surface area contributed by atoms with E-state index in [0.717, 1.165) is 17.3 Å². The van der Waals surface area contributed by atoms with Crippen LogP contribution in [0.5, 0.6) is 0 Å². The van der Waals surface area contributed by atoms with E-state index in [1.165, 1.54) is 84.5 Å². The molecular formula is C19H37N3. The molecule has 0 amide bonds. The average molecular weight is 308 g/mol. The lowest BCUT2D eigenvalue weighted by molar-refractivity contribution is 0.0958. The molecule has 3 fully saturated rings. The predicted octanol–water partition coefficient (Wildman–Crippen LogP) is 2.77. The second-order valence-electron chi connectivity index (χ2n) is 8.92. The van der Waals surface area contributed by atoms with E-state index >= 15 is 0 Å². The van der Waals surface area contributed by atoms with Crippen LogP contribution in [0.1, 0.15) is 46.0 Å². The fraction of sp³-hybridized carbons (Fsp3) is 1.00. The molecule has 2 heterocycles. The Morgan fingerprint density at radius 1 is 0.909 bits per heavy atom. The SMILES string of the molecule is CC(C)CC1(CN2CCC(CN3CCN(C)CC3)CC2)CC1. The summed E-state index contributed by atoms with van der Waals surface area (Å²) in [4.78, 5) is 7.96. The molecule has 128 valence electrons. The summed E-state index contributed by atoms with van der Waals surface area (Å²) in [6.07, 6.45) is 7.31. The van der Waals surface area contributed by atoms with Crippen LogP contribution in [-0.2, 0) is 0 Å². The maximum Gasteiger partial charge on any atom is 0.0110 e. The molecule has 3 nitrogen and oxygen atoms in total. The van der Waals surface area contributed by atoms with Gasteiger partial charge in [-0.3, -0.25) is 0 Å². The molecule has 22 heavy (non-hydrogen) atoms. The second-order valence-corrected chi connectivity index (χ2v) is 8.92. The number of hydrogen-bond donors (Lipinski definition) is 0. The van der Waals surface area contributed by atoms with Gasteiger partial charge in [0, 0.05) is 39.3 Å². The minimum absolute atomic E-state index is 0.721. The summed E-state index contributed by atoms with van der Waals surface area (Å²) in [5.41, 5.74) is 0.721. The van der Waals surface area contributed by atoms with Crippen molar-refractivity contribution in [3.8, 4) is 0 Å². The van der Waals surface area contributed by atoms with Crippen LogP contribution >= 0.6 is 0 Å². The molecule has 0 atom stereocenters. The second kappa shape index (κ2) is 7.19. The first-order valence-corrected chi connectivity index (χ1v) is 9.68. The standard InChI is InChI=1S/C19H37N3/c1-17(2)14-19(6-7-19)16-22-8-4-18(5-9-22)15-21-12-10-20(3)11-13-21/h17-18H,4-16H2,1-3H3. The van der Waals surface area contributed by atoms with E-state index in [9.17, 15) is 0 Å². The Hall–Kier alpha value is -0.120. The Kier molecular flexibility index (Phi) is 5.47. The molecule has 1 aliphatic carbocycles. The summed E-state index contributed by atoms with van der Waals surface area (Å²) in [6.45, 7) is 15.3. The Labute approximate surface area is 138 Å². The van der Waals surface area contributed by atoms with E-state index in [4.69, 9.17) is 0 Å². The summed E-state index contributed by atoms with van der Waals surface area (Å²) in [6, 6.07) is 0. The molecular weight excluding hydrogens is 270 g/mol. The van der Waals surface area contributed by atoms with Gasteiger partial charge in [-0.2, -0.15) is 0 Å². The molecule has 3 heteroatoms. The minimum Gasteiger partial charge on any atom is -0.304 e. The van der Waals surface area contributed by atoms with E-state index in [1.807, 2.05) is 0 Å². The quantitative estimate of drug-likeness (QED) is 0.747. The molecule has 2 aliphatic heterocycles. The van der Waals surface area contributed by atoms with Gasteiger partial charge in [0.1, 0.15) is 0 Å². The zero-order chi connectivity index (χ0) is 15.6. The number of piperidine rings is 1. The topological polar surface area (TPSA) is 9.72 Å². The summed E-state index contributed by atoms with van der Waals surface area (Å²) >= 11 is 0. The number of rotatable bonds is 6. The monoisotopic (exact) mass is 307 g/mol. The number of likely N-dealkylation sites (tertiary alicyclic amines) is 1. The molecule has 0 radical (unpaired) electrons. The van der Waals surface area contributed by atoms with Gasteiger partial charge in [0.2, 0.25) is 0 Å². The first-order chi connectivity index (χ1) is 10.5. The van der Waals surface area contributed by atoms with Crippen molar-refractivity contribution in [3.05, 3.63) is 0 Å². The zero-order valence-electron chi connectivity index (χ0n) is 15.2. The van der Waals surface area contributed by atoms with Crippen molar-refractivity contribution in [1.82, 2.24) is 14.7 Å². The van der Waals surface area contributed by atoms with Crippen LogP contribution in [0, 0.1) is 17.3 Å². The van der Waals surface area contributed by atoms with Crippen LogP contribution in [0.3, 0.4) is 0 Å². The third-order valence-corrected chi connectivity index (χ3v) is 6.18. The average Bonchev–Trinajstić information content (AvgIpc) is 3.22. The van der Waals surface area contributed by atoms with E-state index < -0.39 is 0 Å².